The number of nitrogens with zero attached hydrogens (tertiary/aromatic N) is 1. The van der Waals surface area contributed by atoms with Gasteiger partial charge in [0.25, 0.3) is 0 Å². The van der Waals surface area contributed by atoms with Gasteiger partial charge in [-0.3, -0.25) is 4.79 Å². The zero-order chi connectivity index (χ0) is 18.1. The molecule has 1 saturated heterocycles. The van der Waals surface area contributed by atoms with E-state index in [2.05, 4.69) is 30.3 Å². The van der Waals surface area contributed by atoms with Crippen LogP contribution in [0.15, 0.2) is 41.8 Å². The second kappa shape index (κ2) is 7.16. The Balaban J connectivity index is 1.54. The number of sulfone groups is 1. The van der Waals surface area contributed by atoms with E-state index in [-0.39, 0.29) is 29.4 Å². The first-order valence-corrected chi connectivity index (χ1v) is 11.8. The number of thiophene rings is 1. The van der Waals surface area contributed by atoms with Crippen LogP contribution in [0.1, 0.15) is 28.8 Å². The van der Waals surface area contributed by atoms with E-state index in [1.54, 1.807) is 11.3 Å². The maximum Gasteiger partial charge on any atom is 0.226 e. The SMILES string of the molecule is O=C(C1CCS(=O)(=O)CC1)N(Cc1cccs1)C1Cc2ccccc2C1. The van der Waals surface area contributed by atoms with Gasteiger partial charge in [0, 0.05) is 16.8 Å². The molecule has 0 unspecified atom stereocenters. The summed E-state index contributed by atoms with van der Waals surface area (Å²) < 4.78 is 23.5. The first-order valence-electron chi connectivity index (χ1n) is 9.12. The number of hydrogen-bond donors (Lipinski definition) is 0. The van der Waals surface area contributed by atoms with Crippen molar-refractivity contribution >= 4 is 27.1 Å². The van der Waals surface area contributed by atoms with Gasteiger partial charge in [-0.25, -0.2) is 8.42 Å². The fraction of sp³-hybridized carbons (Fsp3) is 0.450. The molecule has 1 aromatic heterocycles. The van der Waals surface area contributed by atoms with E-state index >= 15 is 0 Å². The first kappa shape index (κ1) is 17.7. The summed E-state index contributed by atoms with van der Waals surface area (Å²) in [5.74, 6) is 0.246. The van der Waals surface area contributed by atoms with E-state index < -0.39 is 9.84 Å². The molecule has 4 nitrogen and oxygen atoms in total. The summed E-state index contributed by atoms with van der Waals surface area (Å²) in [6.07, 6.45) is 2.69. The van der Waals surface area contributed by atoms with Gasteiger partial charge in [-0.05, 0) is 48.3 Å². The number of carbonyl (C=O) groups is 1. The van der Waals surface area contributed by atoms with E-state index in [9.17, 15) is 13.2 Å². The van der Waals surface area contributed by atoms with Crippen LogP contribution in [0.5, 0.6) is 0 Å². The van der Waals surface area contributed by atoms with Gasteiger partial charge in [0.15, 0.2) is 0 Å². The van der Waals surface area contributed by atoms with Crippen molar-refractivity contribution in [2.24, 2.45) is 5.92 Å². The van der Waals surface area contributed by atoms with Gasteiger partial charge in [-0.2, -0.15) is 0 Å². The summed E-state index contributed by atoms with van der Waals surface area (Å²) in [5, 5.41) is 2.04. The minimum Gasteiger partial charge on any atom is -0.334 e. The van der Waals surface area contributed by atoms with E-state index in [0.29, 0.717) is 19.4 Å². The fourth-order valence-electron chi connectivity index (χ4n) is 4.08. The summed E-state index contributed by atoms with van der Waals surface area (Å²) >= 11 is 1.67. The number of rotatable bonds is 4. The Morgan fingerprint density at radius 1 is 1.04 bits per heavy atom. The van der Waals surface area contributed by atoms with Crippen LogP contribution in [0.4, 0.5) is 0 Å². The smallest absolute Gasteiger partial charge is 0.226 e. The van der Waals surface area contributed by atoms with Crippen LogP contribution in [-0.4, -0.2) is 36.8 Å². The van der Waals surface area contributed by atoms with Crippen LogP contribution in [-0.2, 0) is 34.0 Å². The van der Waals surface area contributed by atoms with Gasteiger partial charge in [0.05, 0.1) is 18.1 Å². The molecule has 1 amide bonds. The Labute approximate surface area is 158 Å². The monoisotopic (exact) mass is 389 g/mol. The molecule has 1 fully saturated rings. The van der Waals surface area contributed by atoms with Crippen molar-refractivity contribution in [2.75, 3.05) is 11.5 Å². The molecular weight excluding hydrogens is 366 g/mol. The highest BCUT2D eigenvalue weighted by Crippen LogP contribution is 2.30. The molecule has 0 spiro atoms. The molecule has 1 aliphatic heterocycles. The van der Waals surface area contributed by atoms with E-state index in [4.69, 9.17) is 0 Å². The highest BCUT2D eigenvalue weighted by molar-refractivity contribution is 7.91. The molecule has 0 radical (unpaired) electrons. The summed E-state index contributed by atoms with van der Waals surface area (Å²) in [4.78, 5) is 16.5. The van der Waals surface area contributed by atoms with Crippen LogP contribution in [0.25, 0.3) is 0 Å². The average Bonchev–Trinajstić information content (AvgIpc) is 3.28. The number of amides is 1. The molecule has 1 aromatic carbocycles. The second-order valence-electron chi connectivity index (χ2n) is 7.30. The minimum absolute atomic E-state index is 0.131. The molecule has 1 aliphatic carbocycles. The lowest BCUT2D eigenvalue weighted by atomic mass is 9.99. The predicted octanol–water partition coefficient (Wildman–Crippen LogP) is 3.07. The zero-order valence-corrected chi connectivity index (χ0v) is 16.3. The average molecular weight is 390 g/mol. The minimum atomic E-state index is -2.96. The van der Waals surface area contributed by atoms with E-state index in [1.807, 2.05) is 16.3 Å². The predicted molar refractivity (Wildman–Crippen MR) is 104 cm³/mol. The lowest BCUT2D eigenvalue weighted by Gasteiger charge is -2.33. The zero-order valence-electron chi connectivity index (χ0n) is 14.6. The largest absolute Gasteiger partial charge is 0.334 e. The highest BCUT2D eigenvalue weighted by Gasteiger charge is 2.36. The van der Waals surface area contributed by atoms with Gasteiger partial charge in [0.2, 0.25) is 5.91 Å². The number of carbonyl (C=O) groups excluding carboxylic acids is 1. The molecule has 138 valence electrons. The van der Waals surface area contributed by atoms with Crippen LogP contribution in [0.2, 0.25) is 0 Å². The summed E-state index contributed by atoms with van der Waals surface area (Å²) in [5.41, 5.74) is 2.65. The summed E-state index contributed by atoms with van der Waals surface area (Å²) in [7, 11) is -2.96. The van der Waals surface area contributed by atoms with Crippen LogP contribution in [0.3, 0.4) is 0 Å². The van der Waals surface area contributed by atoms with Crippen molar-refractivity contribution in [3.05, 3.63) is 57.8 Å². The van der Waals surface area contributed by atoms with E-state index in [1.165, 1.54) is 16.0 Å². The lowest BCUT2D eigenvalue weighted by molar-refractivity contribution is -0.138. The number of fused-ring (bicyclic) bond motifs is 1. The Kier molecular flexibility index (Phi) is 4.88. The molecule has 2 aromatic rings. The molecular formula is C20H23NO3S2. The molecule has 4 rings (SSSR count). The first-order chi connectivity index (χ1) is 12.5. The van der Waals surface area contributed by atoms with Crippen molar-refractivity contribution in [3.63, 3.8) is 0 Å². The van der Waals surface area contributed by atoms with E-state index in [0.717, 1.165) is 12.8 Å². The van der Waals surface area contributed by atoms with Crippen LogP contribution < -0.4 is 0 Å². The van der Waals surface area contributed by atoms with Gasteiger partial charge >= 0.3 is 0 Å². The van der Waals surface area contributed by atoms with Crippen molar-refractivity contribution in [2.45, 2.75) is 38.3 Å². The Bertz CT molecular complexity index is 851. The third kappa shape index (κ3) is 3.71. The lowest BCUT2D eigenvalue weighted by Crippen LogP contribution is -2.45. The van der Waals surface area contributed by atoms with Gasteiger partial charge < -0.3 is 4.90 Å². The molecule has 26 heavy (non-hydrogen) atoms. The summed E-state index contributed by atoms with van der Waals surface area (Å²) in [6.45, 7) is 0.623. The standard InChI is InChI=1S/C20H23NO3S2/c22-20(15-7-10-26(23,24)11-8-15)21(14-19-6-3-9-25-19)18-12-16-4-1-2-5-17(16)13-18/h1-6,9,15,18H,7-8,10-14H2. The van der Waals surface area contributed by atoms with Crippen molar-refractivity contribution in [1.29, 1.82) is 0 Å². The maximum atomic E-state index is 13.3. The highest BCUT2D eigenvalue weighted by atomic mass is 32.2. The van der Waals surface area contributed by atoms with Crippen LogP contribution in [0, 0.1) is 5.92 Å². The molecule has 2 heterocycles. The number of hydrogen-bond acceptors (Lipinski definition) is 4. The number of benzene rings is 1. The Morgan fingerprint density at radius 3 is 2.27 bits per heavy atom. The van der Waals surface area contributed by atoms with Crippen molar-refractivity contribution < 1.29 is 13.2 Å². The molecule has 0 saturated carbocycles. The molecule has 6 heteroatoms. The van der Waals surface area contributed by atoms with Gasteiger partial charge in [0.1, 0.15) is 9.84 Å². The molecule has 0 atom stereocenters. The molecule has 0 bridgehead atoms. The van der Waals surface area contributed by atoms with Crippen LogP contribution >= 0.6 is 11.3 Å². The third-order valence-corrected chi connectivity index (χ3v) is 8.14. The second-order valence-corrected chi connectivity index (χ2v) is 10.6. The van der Waals surface area contributed by atoms with Gasteiger partial charge in [-0.1, -0.05) is 30.3 Å². The summed E-state index contributed by atoms with van der Waals surface area (Å²) in [6, 6.07) is 12.7. The Hall–Kier alpha value is -1.66. The maximum absolute atomic E-state index is 13.3. The topological polar surface area (TPSA) is 54.5 Å². The normalized spacial score (nSPS) is 20.0. The molecule has 2 aliphatic rings. The van der Waals surface area contributed by atoms with Crippen molar-refractivity contribution in [1.82, 2.24) is 4.90 Å². The van der Waals surface area contributed by atoms with Gasteiger partial charge in [-0.15, -0.1) is 11.3 Å². The third-order valence-electron chi connectivity index (χ3n) is 5.56. The fourth-order valence-corrected chi connectivity index (χ4v) is 6.28. The van der Waals surface area contributed by atoms with Crippen molar-refractivity contribution in [3.8, 4) is 0 Å². The Morgan fingerprint density at radius 2 is 1.69 bits per heavy atom. The molecule has 0 N–H and O–H groups in total. The quantitative estimate of drug-likeness (QED) is 0.808.